The van der Waals surface area contributed by atoms with Crippen molar-refractivity contribution < 1.29 is 5.11 Å². The highest BCUT2D eigenvalue weighted by atomic mass is 16.3. The van der Waals surface area contributed by atoms with Crippen molar-refractivity contribution in [3.63, 3.8) is 0 Å². The number of nitrogens with zero attached hydrogens (tertiary/aromatic N) is 2. The van der Waals surface area contributed by atoms with E-state index in [0.29, 0.717) is 5.65 Å². The monoisotopic (exact) mass is 190 g/mol. The second-order valence-electron chi connectivity index (χ2n) is 4.50. The summed E-state index contributed by atoms with van der Waals surface area (Å²) in [6, 6.07) is 3.45. The van der Waals surface area contributed by atoms with E-state index in [1.165, 1.54) is 0 Å². The lowest BCUT2D eigenvalue weighted by Gasteiger charge is -2.13. The van der Waals surface area contributed by atoms with Crippen LogP contribution in [0.15, 0.2) is 24.5 Å². The predicted octanol–water partition coefficient (Wildman–Crippen LogP) is 2.34. The molecule has 14 heavy (non-hydrogen) atoms. The zero-order valence-corrected chi connectivity index (χ0v) is 8.65. The lowest BCUT2D eigenvalue weighted by molar-refractivity contribution is 0.477. The molecule has 0 atom stereocenters. The van der Waals surface area contributed by atoms with Gasteiger partial charge in [0.25, 0.3) is 0 Å². The van der Waals surface area contributed by atoms with E-state index in [4.69, 9.17) is 0 Å². The molecule has 0 saturated heterocycles. The van der Waals surface area contributed by atoms with Crippen molar-refractivity contribution in [2.75, 3.05) is 0 Å². The maximum absolute atomic E-state index is 9.57. The number of fused-ring (bicyclic) bond motifs is 1. The van der Waals surface area contributed by atoms with E-state index < -0.39 is 0 Å². The molecule has 2 heterocycles. The fourth-order valence-electron chi connectivity index (χ4n) is 1.36. The Morgan fingerprint density at radius 1 is 1.36 bits per heavy atom. The van der Waals surface area contributed by atoms with Crippen molar-refractivity contribution in [2.24, 2.45) is 0 Å². The SMILES string of the molecule is CC(C)(C)c1cn2cccc(O)c2n1. The highest BCUT2D eigenvalue weighted by molar-refractivity contribution is 5.53. The molecule has 0 bridgehead atoms. The molecular formula is C11H14N2O. The first kappa shape index (κ1) is 9.06. The molecule has 1 N–H and O–H groups in total. The molecule has 2 aromatic heterocycles. The molecule has 0 aliphatic carbocycles. The van der Waals surface area contributed by atoms with Gasteiger partial charge in [0.05, 0.1) is 5.69 Å². The Bertz CT molecular complexity index is 466. The van der Waals surface area contributed by atoms with Gasteiger partial charge >= 0.3 is 0 Å². The van der Waals surface area contributed by atoms with E-state index in [9.17, 15) is 5.11 Å². The summed E-state index contributed by atoms with van der Waals surface area (Å²) >= 11 is 0. The summed E-state index contributed by atoms with van der Waals surface area (Å²) in [7, 11) is 0. The quantitative estimate of drug-likeness (QED) is 0.692. The van der Waals surface area contributed by atoms with Gasteiger partial charge in [-0.05, 0) is 12.1 Å². The minimum atomic E-state index is 0.0124. The fourth-order valence-corrected chi connectivity index (χ4v) is 1.36. The van der Waals surface area contributed by atoms with Crippen LogP contribution in [0.25, 0.3) is 5.65 Å². The Kier molecular flexibility index (Phi) is 1.77. The first-order valence-corrected chi connectivity index (χ1v) is 4.65. The number of hydrogen-bond donors (Lipinski definition) is 1. The van der Waals surface area contributed by atoms with Crippen molar-refractivity contribution in [1.82, 2.24) is 9.38 Å². The number of aromatic nitrogens is 2. The van der Waals surface area contributed by atoms with Gasteiger partial charge in [0, 0.05) is 17.8 Å². The Labute approximate surface area is 83.0 Å². The smallest absolute Gasteiger partial charge is 0.179 e. The summed E-state index contributed by atoms with van der Waals surface area (Å²) in [5, 5.41) is 9.57. The standard InChI is InChI=1S/C11H14N2O/c1-11(2,3)9-7-13-6-4-5-8(14)10(13)12-9/h4-7,14H,1-3H3. The molecule has 0 aliphatic heterocycles. The topological polar surface area (TPSA) is 37.5 Å². The van der Waals surface area contributed by atoms with Crippen LogP contribution in [-0.4, -0.2) is 14.5 Å². The molecule has 0 aliphatic rings. The first-order valence-electron chi connectivity index (χ1n) is 4.65. The summed E-state index contributed by atoms with van der Waals surface area (Å²) in [6.45, 7) is 6.31. The summed E-state index contributed by atoms with van der Waals surface area (Å²) in [6.07, 6.45) is 3.84. The average molecular weight is 190 g/mol. The zero-order valence-electron chi connectivity index (χ0n) is 8.65. The van der Waals surface area contributed by atoms with E-state index in [-0.39, 0.29) is 11.2 Å². The van der Waals surface area contributed by atoms with Crippen LogP contribution in [0.4, 0.5) is 0 Å². The number of pyridine rings is 1. The average Bonchev–Trinajstić information content (AvgIpc) is 2.48. The van der Waals surface area contributed by atoms with Crippen LogP contribution in [0.3, 0.4) is 0 Å². The maximum Gasteiger partial charge on any atom is 0.179 e. The molecule has 0 amide bonds. The molecule has 0 fully saturated rings. The highest BCUT2D eigenvalue weighted by Crippen LogP contribution is 2.24. The molecule has 74 valence electrons. The molecule has 2 aromatic rings. The van der Waals surface area contributed by atoms with Crippen LogP contribution >= 0.6 is 0 Å². The molecule has 0 spiro atoms. The maximum atomic E-state index is 9.57. The minimum absolute atomic E-state index is 0.0124. The third kappa shape index (κ3) is 1.35. The molecule has 2 rings (SSSR count). The molecule has 0 saturated carbocycles. The molecule has 3 nitrogen and oxygen atoms in total. The fraction of sp³-hybridized carbons (Fsp3) is 0.364. The van der Waals surface area contributed by atoms with Crippen LogP contribution in [-0.2, 0) is 5.41 Å². The minimum Gasteiger partial charge on any atom is -0.504 e. The molecule has 3 heteroatoms. The number of rotatable bonds is 0. The van der Waals surface area contributed by atoms with Gasteiger partial charge in [0.15, 0.2) is 11.4 Å². The predicted molar refractivity (Wildman–Crippen MR) is 55.6 cm³/mol. The van der Waals surface area contributed by atoms with Crippen LogP contribution in [0.5, 0.6) is 5.75 Å². The van der Waals surface area contributed by atoms with Gasteiger partial charge in [-0.2, -0.15) is 0 Å². The third-order valence-electron chi connectivity index (χ3n) is 2.23. The lowest BCUT2D eigenvalue weighted by atomic mass is 9.93. The third-order valence-corrected chi connectivity index (χ3v) is 2.23. The van der Waals surface area contributed by atoms with E-state index in [2.05, 4.69) is 25.8 Å². The van der Waals surface area contributed by atoms with Crippen LogP contribution in [0.2, 0.25) is 0 Å². The normalized spacial score (nSPS) is 12.2. The van der Waals surface area contributed by atoms with Gasteiger partial charge in [-0.3, -0.25) is 0 Å². The Hall–Kier alpha value is -1.51. The number of imidazole rings is 1. The van der Waals surface area contributed by atoms with Gasteiger partial charge in [-0.25, -0.2) is 4.98 Å². The van der Waals surface area contributed by atoms with Crippen molar-refractivity contribution in [3.8, 4) is 5.75 Å². The Morgan fingerprint density at radius 2 is 2.07 bits per heavy atom. The van der Waals surface area contributed by atoms with E-state index in [1.807, 2.05) is 16.8 Å². The van der Waals surface area contributed by atoms with Crippen LogP contribution in [0, 0.1) is 0 Å². The second-order valence-corrected chi connectivity index (χ2v) is 4.50. The van der Waals surface area contributed by atoms with Crippen molar-refractivity contribution >= 4 is 5.65 Å². The van der Waals surface area contributed by atoms with Crippen molar-refractivity contribution in [3.05, 3.63) is 30.2 Å². The van der Waals surface area contributed by atoms with E-state index in [0.717, 1.165) is 5.69 Å². The highest BCUT2D eigenvalue weighted by Gasteiger charge is 2.18. The summed E-state index contributed by atoms with van der Waals surface area (Å²) in [4.78, 5) is 4.40. The molecule has 0 radical (unpaired) electrons. The van der Waals surface area contributed by atoms with Gasteiger partial charge < -0.3 is 9.51 Å². The molecule has 0 aromatic carbocycles. The summed E-state index contributed by atoms with van der Waals surface area (Å²) in [5.41, 5.74) is 1.62. The van der Waals surface area contributed by atoms with Crippen molar-refractivity contribution in [1.29, 1.82) is 0 Å². The molecule has 0 unspecified atom stereocenters. The van der Waals surface area contributed by atoms with Gasteiger partial charge in [0.2, 0.25) is 0 Å². The number of hydrogen-bond acceptors (Lipinski definition) is 2. The van der Waals surface area contributed by atoms with E-state index >= 15 is 0 Å². The van der Waals surface area contributed by atoms with Crippen molar-refractivity contribution in [2.45, 2.75) is 26.2 Å². The van der Waals surface area contributed by atoms with Gasteiger partial charge in [-0.1, -0.05) is 20.8 Å². The summed E-state index contributed by atoms with van der Waals surface area (Å²) in [5.74, 6) is 0.225. The van der Waals surface area contributed by atoms with Crippen LogP contribution < -0.4 is 0 Å². The number of aromatic hydroxyl groups is 1. The van der Waals surface area contributed by atoms with Crippen LogP contribution in [0.1, 0.15) is 26.5 Å². The Balaban J connectivity index is 2.69. The second kappa shape index (κ2) is 2.74. The first-order chi connectivity index (χ1) is 6.48. The zero-order chi connectivity index (χ0) is 10.3. The largest absolute Gasteiger partial charge is 0.504 e. The Morgan fingerprint density at radius 3 is 2.64 bits per heavy atom. The lowest BCUT2D eigenvalue weighted by Crippen LogP contribution is -2.11. The van der Waals surface area contributed by atoms with E-state index in [1.54, 1.807) is 12.1 Å². The van der Waals surface area contributed by atoms with Gasteiger partial charge in [0.1, 0.15) is 0 Å². The molecular weight excluding hydrogens is 176 g/mol. The van der Waals surface area contributed by atoms with Gasteiger partial charge in [-0.15, -0.1) is 0 Å². The summed E-state index contributed by atoms with van der Waals surface area (Å²) < 4.78 is 1.84.